The molecule has 7 heteroatoms. The lowest BCUT2D eigenvalue weighted by Crippen LogP contribution is -2.24. The van der Waals surface area contributed by atoms with E-state index in [4.69, 9.17) is 8.83 Å². The third kappa shape index (κ3) is 3.88. The molecule has 0 aliphatic heterocycles. The van der Waals surface area contributed by atoms with Crippen LogP contribution in [-0.2, 0) is 17.8 Å². The fourth-order valence-electron chi connectivity index (χ4n) is 3.08. The summed E-state index contributed by atoms with van der Waals surface area (Å²) in [5, 5.41) is 3.68. The highest BCUT2D eigenvalue weighted by Crippen LogP contribution is 2.31. The molecule has 0 saturated heterocycles. The maximum atomic E-state index is 12.3. The number of nitrogens with zero attached hydrogens (tertiary/aromatic N) is 2. The number of oxazole rings is 1. The number of fused-ring (bicyclic) bond motifs is 1. The molecule has 0 unspecified atom stereocenters. The molecule has 1 N–H and O–H groups in total. The Morgan fingerprint density at radius 1 is 0.967 bits per heavy atom. The highest BCUT2D eigenvalue weighted by atomic mass is 32.1. The average molecular weight is 415 g/mol. The van der Waals surface area contributed by atoms with Crippen LogP contribution in [0.5, 0.6) is 0 Å². The molecule has 5 aromatic rings. The second kappa shape index (κ2) is 7.96. The van der Waals surface area contributed by atoms with Gasteiger partial charge in [0, 0.05) is 5.56 Å². The molecular formula is C23H17N3O3S. The van der Waals surface area contributed by atoms with Crippen LogP contribution in [0.2, 0.25) is 0 Å². The van der Waals surface area contributed by atoms with Crippen LogP contribution in [-0.4, -0.2) is 15.9 Å². The summed E-state index contributed by atoms with van der Waals surface area (Å²) in [6, 6.07) is 21.3. The van der Waals surface area contributed by atoms with Gasteiger partial charge in [-0.15, -0.1) is 11.3 Å². The number of aromatic nitrogens is 2. The van der Waals surface area contributed by atoms with Gasteiger partial charge in [0.15, 0.2) is 10.8 Å². The van der Waals surface area contributed by atoms with Crippen molar-refractivity contribution >= 4 is 27.5 Å². The Bertz CT molecular complexity index is 1270. The third-order valence-electron chi connectivity index (χ3n) is 4.54. The zero-order valence-corrected chi connectivity index (χ0v) is 16.7. The molecule has 3 heterocycles. The predicted octanol–water partition coefficient (Wildman–Crippen LogP) is 5.07. The van der Waals surface area contributed by atoms with E-state index >= 15 is 0 Å². The molecule has 0 bridgehead atoms. The van der Waals surface area contributed by atoms with Gasteiger partial charge in [0.25, 0.3) is 0 Å². The van der Waals surface area contributed by atoms with Crippen molar-refractivity contribution in [2.45, 2.75) is 13.0 Å². The highest BCUT2D eigenvalue weighted by Gasteiger charge is 2.13. The van der Waals surface area contributed by atoms with E-state index in [-0.39, 0.29) is 12.3 Å². The molecule has 0 aliphatic rings. The lowest BCUT2D eigenvalue weighted by Gasteiger charge is -2.01. The number of hydrogen-bond acceptors (Lipinski definition) is 6. The number of thiazole rings is 1. The third-order valence-corrected chi connectivity index (χ3v) is 5.59. The van der Waals surface area contributed by atoms with Gasteiger partial charge in [-0.25, -0.2) is 9.97 Å². The second-order valence-corrected chi connectivity index (χ2v) is 7.75. The van der Waals surface area contributed by atoms with Gasteiger partial charge in [-0.05, 0) is 36.4 Å². The number of amides is 1. The Hall–Kier alpha value is -3.71. The minimum Gasteiger partial charge on any atom is -0.457 e. The minimum atomic E-state index is -0.152. The number of carbonyl (C=O) groups is 1. The van der Waals surface area contributed by atoms with Gasteiger partial charge in [-0.2, -0.15) is 0 Å². The summed E-state index contributed by atoms with van der Waals surface area (Å²) in [5.74, 6) is 1.72. The average Bonchev–Trinajstić information content (AvgIpc) is 3.52. The van der Waals surface area contributed by atoms with Crippen molar-refractivity contribution in [3.8, 4) is 22.2 Å². The van der Waals surface area contributed by atoms with Crippen molar-refractivity contribution in [1.29, 1.82) is 0 Å². The van der Waals surface area contributed by atoms with Crippen LogP contribution in [0.25, 0.3) is 32.4 Å². The molecule has 2 aromatic carbocycles. The normalized spacial score (nSPS) is 11.1. The first-order valence-electron chi connectivity index (χ1n) is 9.46. The van der Waals surface area contributed by atoms with E-state index in [2.05, 4.69) is 15.3 Å². The first kappa shape index (κ1) is 18.3. The second-order valence-electron chi connectivity index (χ2n) is 6.72. The molecule has 5 rings (SSSR count). The predicted molar refractivity (Wildman–Crippen MR) is 115 cm³/mol. The Labute approximate surface area is 176 Å². The van der Waals surface area contributed by atoms with E-state index in [1.165, 1.54) is 6.26 Å². The van der Waals surface area contributed by atoms with E-state index in [9.17, 15) is 4.79 Å². The smallest absolute Gasteiger partial charge is 0.226 e. The molecule has 0 radical (unpaired) electrons. The summed E-state index contributed by atoms with van der Waals surface area (Å²) in [4.78, 5) is 21.3. The van der Waals surface area contributed by atoms with E-state index in [0.29, 0.717) is 29.6 Å². The van der Waals surface area contributed by atoms with Gasteiger partial charge in [-0.3, -0.25) is 4.79 Å². The van der Waals surface area contributed by atoms with Crippen LogP contribution in [0.4, 0.5) is 0 Å². The molecular weight excluding hydrogens is 398 g/mol. The number of hydrogen-bond donors (Lipinski definition) is 1. The topological polar surface area (TPSA) is 81.2 Å². The fraction of sp³-hybridized carbons (Fsp3) is 0.0870. The van der Waals surface area contributed by atoms with Crippen LogP contribution < -0.4 is 5.32 Å². The van der Waals surface area contributed by atoms with Crippen LogP contribution in [0.1, 0.15) is 11.5 Å². The maximum absolute atomic E-state index is 12.3. The Morgan fingerprint density at radius 3 is 2.67 bits per heavy atom. The number of benzene rings is 2. The van der Waals surface area contributed by atoms with E-state index < -0.39 is 0 Å². The molecule has 148 valence electrons. The molecule has 0 spiro atoms. The SMILES string of the molecule is O=C(Cc1coc(-c2ccccc2)n1)NCc1ccc(-c2nc3ccccc3s2)o1. The first-order chi connectivity index (χ1) is 14.7. The van der Waals surface area contributed by atoms with Gasteiger partial charge in [0.2, 0.25) is 11.8 Å². The summed E-state index contributed by atoms with van der Waals surface area (Å²) >= 11 is 1.58. The van der Waals surface area contributed by atoms with Gasteiger partial charge < -0.3 is 14.2 Å². The summed E-state index contributed by atoms with van der Waals surface area (Å²) in [7, 11) is 0. The Kier molecular flexibility index (Phi) is 4.86. The van der Waals surface area contributed by atoms with Gasteiger partial charge in [0.1, 0.15) is 12.0 Å². The van der Waals surface area contributed by atoms with Crippen molar-refractivity contribution in [3.05, 3.63) is 84.4 Å². The van der Waals surface area contributed by atoms with Gasteiger partial charge in [0.05, 0.1) is 28.9 Å². The van der Waals surface area contributed by atoms with Gasteiger partial charge >= 0.3 is 0 Å². The standard InChI is InChI=1S/C23H17N3O3S/c27-21(12-16-14-28-22(25-16)15-6-2-1-3-7-15)24-13-17-10-11-19(29-17)23-26-18-8-4-5-9-20(18)30-23/h1-11,14H,12-13H2,(H,24,27). The van der Waals surface area contributed by atoms with Crippen molar-refractivity contribution in [3.63, 3.8) is 0 Å². The highest BCUT2D eigenvalue weighted by molar-refractivity contribution is 7.21. The molecule has 0 atom stereocenters. The quantitative estimate of drug-likeness (QED) is 0.419. The maximum Gasteiger partial charge on any atom is 0.226 e. The first-order valence-corrected chi connectivity index (χ1v) is 10.3. The van der Waals surface area contributed by atoms with Crippen LogP contribution in [0, 0.1) is 0 Å². The van der Waals surface area contributed by atoms with Crippen LogP contribution in [0.3, 0.4) is 0 Å². The van der Waals surface area contributed by atoms with Crippen molar-refractivity contribution in [2.75, 3.05) is 0 Å². The zero-order valence-electron chi connectivity index (χ0n) is 15.9. The number of para-hydroxylation sites is 1. The summed E-state index contributed by atoms with van der Waals surface area (Å²) in [6.45, 7) is 0.299. The van der Waals surface area contributed by atoms with Crippen molar-refractivity contribution < 1.29 is 13.6 Å². The lowest BCUT2D eigenvalue weighted by molar-refractivity contribution is -0.120. The molecule has 30 heavy (non-hydrogen) atoms. The fourth-order valence-corrected chi connectivity index (χ4v) is 4.01. The van der Waals surface area contributed by atoms with E-state index in [1.54, 1.807) is 11.3 Å². The summed E-state index contributed by atoms with van der Waals surface area (Å²) in [6.07, 6.45) is 1.65. The molecule has 6 nitrogen and oxygen atoms in total. The molecule has 0 aliphatic carbocycles. The molecule has 0 saturated carbocycles. The summed E-state index contributed by atoms with van der Waals surface area (Å²) in [5.41, 5.74) is 2.41. The van der Waals surface area contributed by atoms with E-state index in [1.807, 2.05) is 66.7 Å². The van der Waals surface area contributed by atoms with Crippen LogP contribution >= 0.6 is 11.3 Å². The zero-order chi connectivity index (χ0) is 20.3. The van der Waals surface area contributed by atoms with Crippen molar-refractivity contribution in [2.24, 2.45) is 0 Å². The monoisotopic (exact) mass is 415 g/mol. The van der Waals surface area contributed by atoms with Gasteiger partial charge in [-0.1, -0.05) is 30.3 Å². The Morgan fingerprint density at radius 2 is 1.80 bits per heavy atom. The molecule has 1 amide bonds. The number of carbonyl (C=O) groups excluding carboxylic acids is 1. The minimum absolute atomic E-state index is 0.141. The number of nitrogens with one attached hydrogen (secondary N) is 1. The lowest BCUT2D eigenvalue weighted by atomic mass is 10.2. The van der Waals surface area contributed by atoms with E-state index in [0.717, 1.165) is 20.8 Å². The molecule has 3 aromatic heterocycles. The van der Waals surface area contributed by atoms with Crippen molar-refractivity contribution in [1.82, 2.24) is 15.3 Å². The summed E-state index contributed by atoms with van der Waals surface area (Å²) < 4.78 is 12.4. The Balaban J connectivity index is 1.20. The van der Waals surface area contributed by atoms with Crippen LogP contribution in [0.15, 0.2) is 81.8 Å². The largest absolute Gasteiger partial charge is 0.457 e. The number of furan rings is 1. The molecule has 0 fully saturated rings. The number of rotatable bonds is 6.